The van der Waals surface area contributed by atoms with Crippen LogP contribution in [0.1, 0.15) is 60.5 Å². The van der Waals surface area contributed by atoms with Crippen molar-refractivity contribution < 1.29 is 31.5 Å². The van der Waals surface area contributed by atoms with Crippen molar-refractivity contribution >= 4 is 33.3 Å². The van der Waals surface area contributed by atoms with Crippen molar-refractivity contribution in [3.63, 3.8) is 0 Å². The minimum absolute atomic E-state index is 0.168. The zero-order chi connectivity index (χ0) is 32.7. The number of pyridine rings is 1. The van der Waals surface area contributed by atoms with Crippen LogP contribution in [0.5, 0.6) is 11.6 Å². The van der Waals surface area contributed by atoms with Crippen LogP contribution in [0, 0.1) is 18.6 Å². The number of nitrogens with zero attached hydrogens (tertiary/aromatic N) is 2. The van der Waals surface area contributed by atoms with Gasteiger partial charge in [-0.05, 0) is 61.6 Å². The molecule has 1 aliphatic heterocycles. The predicted molar refractivity (Wildman–Crippen MR) is 168 cm³/mol. The number of carbonyl (C=O) groups excluding carboxylic acids is 2. The second kappa shape index (κ2) is 14.7. The van der Waals surface area contributed by atoms with E-state index in [1.807, 2.05) is 13.0 Å². The number of ether oxygens (including phenoxy) is 1. The summed E-state index contributed by atoms with van der Waals surface area (Å²) >= 11 is 0. The fourth-order valence-corrected chi connectivity index (χ4v) is 5.86. The molecule has 1 aliphatic rings. The van der Waals surface area contributed by atoms with Gasteiger partial charge in [0.15, 0.2) is 0 Å². The van der Waals surface area contributed by atoms with E-state index in [2.05, 4.69) is 32.2 Å². The number of nitrogens with two attached hydrogens (primary N) is 1. The van der Waals surface area contributed by atoms with Crippen LogP contribution in [0.15, 0.2) is 48.7 Å². The number of aryl methyl sites for hydroxylation is 1. The van der Waals surface area contributed by atoms with E-state index in [1.165, 1.54) is 0 Å². The van der Waals surface area contributed by atoms with Gasteiger partial charge in [0, 0.05) is 49.2 Å². The molecule has 2 aromatic carbocycles. The maximum atomic E-state index is 14.2. The van der Waals surface area contributed by atoms with Crippen LogP contribution in [-0.2, 0) is 16.6 Å². The molecule has 1 aromatic heterocycles. The summed E-state index contributed by atoms with van der Waals surface area (Å²) in [4.78, 5) is 30.9. The number of benzene rings is 2. The van der Waals surface area contributed by atoms with Gasteiger partial charge in [0.1, 0.15) is 17.4 Å². The normalized spacial score (nSPS) is 17.0. The molecule has 11 nitrogen and oxygen atoms in total. The minimum atomic E-state index is -3.38. The van der Waals surface area contributed by atoms with E-state index < -0.39 is 39.2 Å². The first kappa shape index (κ1) is 33.6. The summed E-state index contributed by atoms with van der Waals surface area (Å²) in [6.07, 6.45) is 7.16. The Morgan fingerprint density at radius 2 is 1.91 bits per heavy atom. The predicted octanol–water partition coefficient (Wildman–Crippen LogP) is 5.28. The topological polar surface area (TPSA) is 156 Å². The molecule has 0 spiro atoms. The standard InChI is InChI=1S/C31H38F2N6O5S/c1-4-5-6-23-14-21(36-31(41)37-27-15-24(30(34)40)25(32)16-26(27)33)11-12-39(23)18-20-7-10-29(35-17-20)44-28-9-8-22(13-19(28)2)38-45(3,42)43/h7-10,13,15-17,21,23,38H,4-6,11-12,14,18H2,1-3H3,(H2,34,40)(H2,36,37,41). The number of nitrogens with one attached hydrogen (secondary N) is 3. The van der Waals surface area contributed by atoms with Crippen LogP contribution in [0.25, 0.3) is 0 Å². The van der Waals surface area contributed by atoms with Crippen LogP contribution < -0.4 is 25.8 Å². The molecular formula is C31H38F2N6O5S. The van der Waals surface area contributed by atoms with Crippen molar-refractivity contribution in [2.24, 2.45) is 5.73 Å². The van der Waals surface area contributed by atoms with Gasteiger partial charge in [-0.25, -0.2) is 27.0 Å². The lowest BCUT2D eigenvalue weighted by molar-refractivity contribution is 0.0996. The molecule has 2 heterocycles. The summed E-state index contributed by atoms with van der Waals surface area (Å²) in [6.45, 7) is 5.30. The number of halogens is 2. The highest BCUT2D eigenvalue weighted by atomic mass is 32.2. The fraction of sp³-hybridized carbons (Fsp3) is 0.387. The summed E-state index contributed by atoms with van der Waals surface area (Å²) in [7, 11) is -3.38. The van der Waals surface area contributed by atoms with Gasteiger partial charge in [0.25, 0.3) is 5.91 Å². The highest BCUT2D eigenvalue weighted by Crippen LogP contribution is 2.28. The Kier molecular flexibility index (Phi) is 10.9. The summed E-state index contributed by atoms with van der Waals surface area (Å²) < 4.78 is 59.4. The van der Waals surface area contributed by atoms with Crippen molar-refractivity contribution in [3.8, 4) is 11.6 Å². The number of aromatic nitrogens is 1. The average Bonchev–Trinajstić information content (AvgIpc) is 2.96. The van der Waals surface area contributed by atoms with E-state index in [4.69, 9.17) is 10.5 Å². The molecule has 14 heteroatoms. The van der Waals surface area contributed by atoms with Crippen LogP contribution in [0.2, 0.25) is 0 Å². The van der Waals surface area contributed by atoms with Crippen LogP contribution in [0.4, 0.5) is 25.0 Å². The molecule has 3 amide bonds. The van der Waals surface area contributed by atoms with E-state index in [0.717, 1.165) is 42.7 Å². The number of hydrogen-bond acceptors (Lipinski definition) is 7. The molecule has 0 saturated carbocycles. The Hall–Kier alpha value is -4.30. The maximum Gasteiger partial charge on any atom is 0.319 e. The number of hydrogen-bond donors (Lipinski definition) is 4. The Labute approximate surface area is 261 Å². The van der Waals surface area contributed by atoms with E-state index >= 15 is 0 Å². The number of unbranched alkanes of at least 4 members (excludes halogenated alkanes) is 1. The molecular weight excluding hydrogens is 606 g/mol. The molecule has 0 bridgehead atoms. The van der Waals surface area contributed by atoms with Gasteiger partial charge in [0.05, 0.1) is 17.5 Å². The lowest BCUT2D eigenvalue weighted by Crippen LogP contribution is -2.50. The first-order valence-electron chi connectivity index (χ1n) is 14.6. The van der Waals surface area contributed by atoms with Crippen molar-refractivity contribution in [2.45, 2.75) is 64.6 Å². The van der Waals surface area contributed by atoms with Crippen molar-refractivity contribution in [1.82, 2.24) is 15.2 Å². The van der Waals surface area contributed by atoms with Gasteiger partial charge < -0.3 is 21.1 Å². The van der Waals surface area contributed by atoms with Crippen LogP contribution >= 0.6 is 0 Å². The quantitative estimate of drug-likeness (QED) is 0.209. The van der Waals surface area contributed by atoms with E-state index in [-0.39, 0.29) is 17.8 Å². The third-order valence-electron chi connectivity index (χ3n) is 7.51. The molecule has 1 fully saturated rings. The molecule has 242 valence electrons. The maximum absolute atomic E-state index is 14.2. The van der Waals surface area contributed by atoms with E-state index in [1.54, 1.807) is 30.5 Å². The molecule has 2 unspecified atom stereocenters. The third-order valence-corrected chi connectivity index (χ3v) is 8.12. The number of sulfonamides is 1. The zero-order valence-corrected chi connectivity index (χ0v) is 26.2. The Bertz CT molecular complexity index is 1640. The number of anilines is 2. The zero-order valence-electron chi connectivity index (χ0n) is 25.4. The molecule has 3 aromatic rings. The molecule has 4 rings (SSSR count). The number of amides is 3. The Morgan fingerprint density at radius 1 is 1.13 bits per heavy atom. The van der Waals surface area contributed by atoms with Crippen molar-refractivity contribution in [3.05, 3.63) is 77.0 Å². The van der Waals surface area contributed by atoms with E-state index in [9.17, 15) is 26.8 Å². The number of carbonyl (C=O) groups is 2. The van der Waals surface area contributed by atoms with E-state index in [0.29, 0.717) is 49.3 Å². The average molecular weight is 645 g/mol. The van der Waals surface area contributed by atoms with Crippen molar-refractivity contribution in [1.29, 1.82) is 0 Å². The van der Waals surface area contributed by atoms with Crippen LogP contribution in [0.3, 0.4) is 0 Å². The molecule has 2 atom stereocenters. The molecule has 5 N–H and O–H groups in total. The van der Waals surface area contributed by atoms with Crippen molar-refractivity contribution in [2.75, 3.05) is 22.8 Å². The Morgan fingerprint density at radius 3 is 2.56 bits per heavy atom. The van der Waals surface area contributed by atoms with Gasteiger partial charge in [-0.3, -0.25) is 14.4 Å². The summed E-state index contributed by atoms with van der Waals surface area (Å²) in [5, 5.41) is 5.25. The monoisotopic (exact) mass is 644 g/mol. The van der Waals surface area contributed by atoms with Gasteiger partial charge >= 0.3 is 6.03 Å². The minimum Gasteiger partial charge on any atom is -0.439 e. The SMILES string of the molecule is CCCCC1CC(NC(=O)Nc2cc(C(N)=O)c(F)cc2F)CCN1Cc1ccc(Oc2ccc(NS(C)(=O)=O)cc2C)nc1. The van der Waals surface area contributed by atoms with Gasteiger partial charge in [0.2, 0.25) is 15.9 Å². The number of rotatable bonds is 12. The highest BCUT2D eigenvalue weighted by molar-refractivity contribution is 7.92. The first-order chi connectivity index (χ1) is 21.3. The fourth-order valence-electron chi connectivity index (χ4n) is 5.31. The summed E-state index contributed by atoms with van der Waals surface area (Å²) in [5.41, 5.74) is 6.48. The molecule has 0 radical (unpaired) electrons. The number of primary amides is 1. The smallest absolute Gasteiger partial charge is 0.319 e. The largest absolute Gasteiger partial charge is 0.439 e. The number of likely N-dealkylation sites (tertiary alicyclic amines) is 1. The molecule has 0 aliphatic carbocycles. The molecule has 45 heavy (non-hydrogen) atoms. The molecule has 1 saturated heterocycles. The lowest BCUT2D eigenvalue weighted by Gasteiger charge is -2.40. The lowest BCUT2D eigenvalue weighted by atomic mass is 9.93. The Balaban J connectivity index is 1.35. The first-order valence-corrected chi connectivity index (χ1v) is 16.5. The second-order valence-corrected chi connectivity index (χ2v) is 13.0. The third kappa shape index (κ3) is 9.59. The number of urea groups is 1. The van der Waals surface area contributed by atoms with Gasteiger partial charge in [-0.15, -0.1) is 0 Å². The highest BCUT2D eigenvalue weighted by Gasteiger charge is 2.29. The summed E-state index contributed by atoms with van der Waals surface area (Å²) in [5.74, 6) is -2.21. The van der Waals surface area contributed by atoms with Gasteiger partial charge in [-0.1, -0.05) is 25.8 Å². The number of piperidine rings is 1. The van der Waals surface area contributed by atoms with Gasteiger partial charge in [-0.2, -0.15) is 0 Å². The summed E-state index contributed by atoms with van der Waals surface area (Å²) in [6, 6.07) is 9.50. The van der Waals surface area contributed by atoms with Crippen LogP contribution in [-0.4, -0.2) is 55.1 Å². The second-order valence-electron chi connectivity index (χ2n) is 11.2.